The lowest BCUT2D eigenvalue weighted by molar-refractivity contribution is 0.0528. The van der Waals surface area contributed by atoms with E-state index in [-0.39, 0.29) is 18.6 Å². The van der Waals surface area contributed by atoms with Gasteiger partial charge in [-0.05, 0) is 38.5 Å². The molecule has 2 rings (SSSR count). The van der Waals surface area contributed by atoms with Gasteiger partial charge in [-0.2, -0.15) is 0 Å². The minimum absolute atomic E-state index is 0.122. The van der Waals surface area contributed by atoms with Crippen LogP contribution in [-0.2, 0) is 0 Å². The third-order valence-corrected chi connectivity index (χ3v) is 3.51. The van der Waals surface area contributed by atoms with Crippen LogP contribution in [0.3, 0.4) is 0 Å². The van der Waals surface area contributed by atoms with Gasteiger partial charge in [0.25, 0.3) is 0 Å². The molecular weight excluding hydrogens is 292 g/mol. The van der Waals surface area contributed by atoms with Crippen molar-refractivity contribution in [3.8, 4) is 5.69 Å². The van der Waals surface area contributed by atoms with Crippen molar-refractivity contribution in [2.75, 3.05) is 13.6 Å². The zero-order valence-corrected chi connectivity index (χ0v) is 14.0. The summed E-state index contributed by atoms with van der Waals surface area (Å²) in [7, 11) is 1.67. The molecule has 1 unspecified atom stereocenters. The minimum Gasteiger partial charge on any atom is -0.389 e. The molecule has 2 N–H and O–H groups in total. The quantitative estimate of drug-likeness (QED) is 0.889. The summed E-state index contributed by atoms with van der Waals surface area (Å²) in [6.07, 6.45) is 5.35. The van der Waals surface area contributed by atoms with Crippen LogP contribution in [0.1, 0.15) is 32.4 Å². The predicted octanol–water partition coefficient (Wildman–Crippen LogP) is 2.35. The van der Waals surface area contributed by atoms with Gasteiger partial charge in [0.15, 0.2) is 0 Å². The second-order valence-corrected chi connectivity index (χ2v) is 6.40. The standard InChI is InChI=1S/C17H24N4O2/c1-13(19-16(22)20(4)11-17(2,3)23)14-5-7-15(8-6-14)21-10-9-18-12-21/h5-10,12-13,23H,11H2,1-4H3,(H,19,22). The molecule has 0 bridgehead atoms. The number of aliphatic hydroxyl groups is 1. The Balaban J connectivity index is 1.98. The van der Waals surface area contributed by atoms with Crippen LogP contribution in [-0.4, -0.2) is 44.8 Å². The first-order chi connectivity index (χ1) is 10.8. The van der Waals surface area contributed by atoms with Gasteiger partial charge in [0, 0.05) is 25.1 Å². The number of aromatic nitrogens is 2. The number of nitrogens with one attached hydrogen (secondary N) is 1. The van der Waals surface area contributed by atoms with Gasteiger partial charge >= 0.3 is 6.03 Å². The van der Waals surface area contributed by atoms with Crippen molar-refractivity contribution >= 4 is 6.03 Å². The molecule has 0 saturated heterocycles. The number of urea groups is 1. The first-order valence-electron chi connectivity index (χ1n) is 7.58. The van der Waals surface area contributed by atoms with E-state index in [1.54, 1.807) is 33.4 Å². The first kappa shape index (κ1) is 17.0. The van der Waals surface area contributed by atoms with Crippen molar-refractivity contribution in [2.45, 2.75) is 32.4 Å². The molecule has 6 heteroatoms. The smallest absolute Gasteiger partial charge is 0.317 e. The van der Waals surface area contributed by atoms with Gasteiger partial charge in [0.2, 0.25) is 0 Å². The maximum absolute atomic E-state index is 12.1. The molecule has 2 aromatic rings. The van der Waals surface area contributed by atoms with Crippen LogP contribution < -0.4 is 5.32 Å². The Morgan fingerprint density at radius 1 is 1.39 bits per heavy atom. The number of nitrogens with zero attached hydrogens (tertiary/aromatic N) is 3. The van der Waals surface area contributed by atoms with E-state index in [2.05, 4.69) is 10.3 Å². The second kappa shape index (κ2) is 6.83. The molecule has 0 fully saturated rings. The Hall–Kier alpha value is -2.34. The highest BCUT2D eigenvalue weighted by molar-refractivity contribution is 5.74. The van der Waals surface area contributed by atoms with Crippen LogP contribution in [0.15, 0.2) is 43.0 Å². The molecule has 1 heterocycles. The molecule has 0 saturated carbocycles. The number of hydrogen-bond donors (Lipinski definition) is 2. The zero-order valence-electron chi connectivity index (χ0n) is 14.0. The van der Waals surface area contributed by atoms with E-state index in [1.807, 2.05) is 42.0 Å². The maximum Gasteiger partial charge on any atom is 0.317 e. The molecule has 124 valence electrons. The number of likely N-dealkylation sites (N-methyl/N-ethyl adjacent to an activating group) is 1. The van der Waals surface area contributed by atoms with Crippen LogP contribution in [0.25, 0.3) is 5.69 Å². The van der Waals surface area contributed by atoms with Crippen LogP contribution in [0.2, 0.25) is 0 Å². The van der Waals surface area contributed by atoms with Gasteiger partial charge in [-0.15, -0.1) is 0 Å². The normalized spacial score (nSPS) is 12.7. The zero-order chi connectivity index (χ0) is 17.0. The molecule has 0 aliphatic heterocycles. The summed E-state index contributed by atoms with van der Waals surface area (Å²) in [4.78, 5) is 17.7. The van der Waals surface area contributed by atoms with Crippen molar-refractivity contribution in [1.82, 2.24) is 19.8 Å². The minimum atomic E-state index is -0.915. The van der Waals surface area contributed by atoms with E-state index >= 15 is 0 Å². The largest absolute Gasteiger partial charge is 0.389 e. The third kappa shape index (κ3) is 4.82. The Morgan fingerprint density at radius 2 is 2.04 bits per heavy atom. The highest BCUT2D eigenvalue weighted by Crippen LogP contribution is 2.16. The number of rotatable bonds is 5. The Morgan fingerprint density at radius 3 is 2.57 bits per heavy atom. The Bertz CT molecular complexity index is 630. The molecule has 1 aromatic carbocycles. The summed E-state index contributed by atoms with van der Waals surface area (Å²) >= 11 is 0. The first-order valence-corrected chi connectivity index (χ1v) is 7.58. The molecule has 0 radical (unpaired) electrons. The molecule has 6 nitrogen and oxygen atoms in total. The van der Waals surface area contributed by atoms with Crippen molar-refractivity contribution in [1.29, 1.82) is 0 Å². The van der Waals surface area contributed by atoms with E-state index < -0.39 is 5.60 Å². The number of carbonyl (C=O) groups excluding carboxylic acids is 1. The monoisotopic (exact) mass is 316 g/mol. The van der Waals surface area contributed by atoms with E-state index in [9.17, 15) is 9.90 Å². The molecule has 1 atom stereocenters. The van der Waals surface area contributed by atoms with Crippen molar-refractivity contribution < 1.29 is 9.90 Å². The summed E-state index contributed by atoms with van der Waals surface area (Å²) in [6.45, 7) is 5.55. The summed E-state index contributed by atoms with van der Waals surface area (Å²) in [5.41, 5.74) is 1.12. The SMILES string of the molecule is CC(NC(=O)N(C)CC(C)(C)O)c1ccc(-n2ccnc2)cc1. The van der Waals surface area contributed by atoms with Crippen LogP contribution in [0.5, 0.6) is 0 Å². The molecule has 0 aliphatic rings. The Labute approximate surface area is 136 Å². The topological polar surface area (TPSA) is 70.4 Å². The fourth-order valence-corrected chi connectivity index (χ4v) is 2.38. The summed E-state index contributed by atoms with van der Waals surface area (Å²) in [5.74, 6) is 0. The van der Waals surface area contributed by atoms with Crippen LogP contribution >= 0.6 is 0 Å². The summed E-state index contributed by atoms with van der Waals surface area (Å²) in [6, 6.07) is 7.61. The van der Waals surface area contributed by atoms with Gasteiger partial charge in [-0.3, -0.25) is 0 Å². The van der Waals surface area contributed by atoms with Crippen LogP contribution in [0, 0.1) is 0 Å². The number of imidazole rings is 1. The number of carbonyl (C=O) groups is 1. The number of hydrogen-bond acceptors (Lipinski definition) is 3. The molecule has 0 spiro atoms. The lowest BCUT2D eigenvalue weighted by atomic mass is 10.1. The fraction of sp³-hybridized carbons (Fsp3) is 0.412. The van der Waals surface area contributed by atoms with Crippen LogP contribution in [0.4, 0.5) is 4.79 Å². The summed E-state index contributed by atoms with van der Waals surface area (Å²) in [5, 5.41) is 12.7. The highest BCUT2D eigenvalue weighted by Gasteiger charge is 2.20. The molecular formula is C17H24N4O2. The van der Waals surface area contributed by atoms with E-state index in [4.69, 9.17) is 0 Å². The average Bonchev–Trinajstić information content (AvgIpc) is 2.99. The Kier molecular flexibility index (Phi) is 5.05. The number of benzene rings is 1. The van der Waals surface area contributed by atoms with E-state index in [0.29, 0.717) is 0 Å². The van der Waals surface area contributed by atoms with E-state index in [1.165, 1.54) is 4.90 Å². The molecule has 2 amide bonds. The second-order valence-electron chi connectivity index (χ2n) is 6.40. The van der Waals surface area contributed by atoms with Crippen molar-refractivity contribution in [3.63, 3.8) is 0 Å². The third-order valence-electron chi connectivity index (χ3n) is 3.51. The molecule has 23 heavy (non-hydrogen) atoms. The van der Waals surface area contributed by atoms with Crippen molar-refractivity contribution in [3.05, 3.63) is 48.5 Å². The van der Waals surface area contributed by atoms with Gasteiger partial charge in [0.05, 0.1) is 24.5 Å². The highest BCUT2D eigenvalue weighted by atomic mass is 16.3. The van der Waals surface area contributed by atoms with Gasteiger partial charge in [0.1, 0.15) is 0 Å². The molecule has 0 aliphatic carbocycles. The van der Waals surface area contributed by atoms with Gasteiger partial charge < -0.3 is 19.9 Å². The van der Waals surface area contributed by atoms with Crippen molar-refractivity contribution in [2.24, 2.45) is 0 Å². The summed E-state index contributed by atoms with van der Waals surface area (Å²) < 4.78 is 1.92. The lowest BCUT2D eigenvalue weighted by Crippen LogP contribution is -2.45. The lowest BCUT2D eigenvalue weighted by Gasteiger charge is -2.27. The van der Waals surface area contributed by atoms with E-state index in [0.717, 1.165) is 11.3 Å². The average molecular weight is 316 g/mol. The molecule has 1 aromatic heterocycles. The fourth-order valence-electron chi connectivity index (χ4n) is 2.38. The number of amides is 2. The maximum atomic E-state index is 12.1. The van der Waals surface area contributed by atoms with Gasteiger partial charge in [-0.1, -0.05) is 12.1 Å². The predicted molar refractivity (Wildman–Crippen MR) is 89.4 cm³/mol. The van der Waals surface area contributed by atoms with Gasteiger partial charge in [-0.25, -0.2) is 9.78 Å².